The Kier molecular flexibility index (Phi) is 6.58. The highest BCUT2D eigenvalue weighted by Gasteiger charge is 2.48. The van der Waals surface area contributed by atoms with E-state index in [2.05, 4.69) is 28.2 Å². The van der Waals surface area contributed by atoms with Gasteiger partial charge < -0.3 is 15.0 Å². The quantitative estimate of drug-likeness (QED) is 0.385. The van der Waals surface area contributed by atoms with Gasteiger partial charge in [-0.3, -0.25) is 9.29 Å². The van der Waals surface area contributed by atoms with Crippen LogP contribution in [0.4, 0.5) is 13.2 Å². The van der Waals surface area contributed by atoms with Crippen molar-refractivity contribution >= 4 is 10.9 Å². The highest BCUT2D eigenvalue weighted by Crippen LogP contribution is 2.47. The lowest BCUT2D eigenvalue weighted by Gasteiger charge is -2.41. The van der Waals surface area contributed by atoms with Crippen LogP contribution in [0.3, 0.4) is 0 Å². The molecule has 0 radical (unpaired) electrons. The zero-order valence-corrected chi connectivity index (χ0v) is 19.5. The molecule has 0 saturated heterocycles. The molecule has 1 saturated carbocycles. The molecular formula is C27H32F3N3O. The molecule has 34 heavy (non-hydrogen) atoms. The van der Waals surface area contributed by atoms with Crippen LogP contribution < -0.4 is 10.1 Å². The molecule has 0 spiro atoms. The van der Waals surface area contributed by atoms with Gasteiger partial charge in [-0.1, -0.05) is 24.3 Å². The van der Waals surface area contributed by atoms with Crippen LogP contribution in [0.25, 0.3) is 10.9 Å². The van der Waals surface area contributed by atoms with Crippen molar-refractivity contribution in [3.8, 4) is 5.75 Å². The second-order valence-electron chi connectivity index (χ2n) is 9.67. The largest absolute Gasteiger partial charge is 0.492 e. The highest BCUT2D eigenvalue weighted by molar-refractivity contribution is 5.85. The van der Waals surface area contributed by atoms with E-state index in [1.54, 1.807) is 12.1 Å². The molecular weight excluding hydrogens is 439 g/mol. The van der Waals surface area contributed by atoms with Crippen molar-refractivity contribution in [2.45, 2.75) is 50.4 Å². The molecule has 2 N–H and O–H groups in total. The highest BCUT2D eigenvalue weighted by atomic mass is 19.1. The summed E-state index contributed by atoms with van der Waals surface area (Å²) < 4.78 is 48.3. The molecule has 7 heteroatoms. The Morgan fingerprint density at radius 2 is 2.00 bits per heavy atom. The summed E-state index contributed by atoms with van der Waals surface area (Å²) in [6.07, 6.45) is 2.40. The Morgan fingerprint density at radius 1 is 1.18 bits per heavy atom. The number of nitrogens with one attached hydrogen (secondary N) is 2. The molecule has 4 nitrogen and oxygen atoms in total. The molecule has 3 aromatic rings. The minimum atomic E-state index is -1.18. The number of hydrogen-bond acceptors (Lipinski definition) is 3. The number of nitrogens with zero attached hydrogens (tertiary/aromatic N) is 1. The maximum atomic E-state index is 15.5. The van der Waals surface area contributed by atoms with Gasteiger partial charge in [0, 0.05) is 47.4 Å². The summed E-state index contributed by atoms with van der Waals surface area (Å²) in [5.74, 6) is 0.0882. The lowest BCUT2D eigenvalue weighted by atomic mass is 9.88. The number of fused-ring (bicyclic) bond motifs is 3. The van der Waals surface area contributed by atoms with Gasteiger partial charge in [-0.15, -0.1) is 0 Å². The molecule has 0 unspecified atom stereocenters. The average Bonchev–Trinajstić information content (AvgIpc) is 3.44. The summed E-state index contributed by atoms with van der Waals surface area (Å²) in [6.45, 7) is 3.58. The van der Waals surface area contributed by atoms with Crippen LogP contribution in [-0.2, 0) is 6.42 Å². The number of aromatic amines is 1. The van der Waals surface area contributed by atoms with E-state index in [9.17, 15) is 8.78 Å². The minimum absolute atomic E-state index is 0.0793. The van der Waals surface area contributed by atoms with Crippen molar-refractivity contribution in [1.82, 2.24) is 15.2 Å². The predicted octanol–water partition coefficient (Wildman–Crippen LogP) is 5.47. The van der Waals surface area contributed by atoms with Gasteiger partial charge in [0.25, 0.3) is 0 Å². The van der Waals surface area contributed by atoms with Gasteiger partial charge in [-0.2, -0.15) is 0 Å². The Labute approximate surface area is 198 Å². The summed E-state index contributed by atoms with van der Waals surface area (Å²) in [4.78, 5) is 5.65. The molecule has 2 atom stereocenters. The van der Waals surface area contributed by atoms with Crippen molar-refractivity contribution < 1.29 is 17.9 Å². The number of H-pyrrole nitrogens is 1. The average molecular weight is 472 g/mol. The molecule has 1 fully saturated rings. The van der Waals surface area contributed by atoms with Crippen LogP contribution in [0.1, 0.15) is 49.0 Å². The van der Waals surface area contributed by atoms with E-state index < -0.39 is 11.7 Å². The van der Waals surface area contributed by atoms with Crippen molar-refractivity contribution in [1.29, 1.82) is 0 Å². The Hall–Kier alpha value is -2.51. The standard InChI is InChI=1S/C27H32F3N3O/c1-18-15-22-20-5-2-3-6-24(20)32-25(22)26(33(18)17-27(30)9-10-27)21-8-7-19(16-23(21)29)34-14-13-31-12-4-11-28/h2-3,5-8,16,18,26,31-32H,4,9-15,17H2,1H3/t18-,26-/m1/s1. The lowest BCUT2D eigenvalue weighted by molar-refractivity contribution is 0.0952. The minimum Gasteiger partial charge on any atom is -0.492 e. The molecule has 2 aliphatic rings. The van der Waals surface area contributed by atoms with Gasteiger partial charge in [0.15, 0.2) is 0 Å². The summed E-state index contributed by atoms with van der Waals surface area (Å²) in [6, 6.07) is 12.8. The fourth-order valence-corrected chi connectivity index (χ4v) is 5.09. The van der Waals surface area contributed by atoms with Gasteiger partial charge in [0.1, 0.15) is 23.8 Å². The molecule has 0 bridgehead atoms. The molecule has 0 amide bonds. The fraction of sp³-hybridized carbons (Fsp3) is 0.481. The van der Waals surface area contributed by atoms with E-state index in [1.165, 1.54) is 11.6 Å². The van der Waals surface area contributed by atoms with Gasteiger partial charge in [0.2, 0.25) is 0 Å². The van der Waals surface area contributed by atoms with Crippen LogP contribution >= 0.6 is 0 Å². The molecule has 182 valence electrons. The number of hydrogen-bond donors (Lipinski definition) is 2. The smallest absolute Gasteiger partial charge is 0.132 e. The van der Waals surface area contributed by atoms with E-state index in [1.807, 2.05) is 18.2 Å². The first-order valence-corrected chi connectivity index (χ1v) is 12.2. The number of benzene rings is 2. The van der Waals surface area contributed by atoms with E-state index in [0.717, 1.165) is 23.0 Å². The van der Waals surface area contributed by atoms with Crippen molar-refractivity contribution in [2.24, 2.45) is 0 Å². The van der Waals surface area contributed by atoms with Crippen molar-refractivity contribution in [3.05, 3.63) is 65.1 Å². The third-order valence-electron chi connectivity index (χ3n) is 7.08. The molecule has 2 aromatic carbocycles. The topological polar surface area (TPSA) is 40.3 Å². The van der Waals surface area contributed by atoms with Crippen molar-refractivity contribution in [3.63, 3.8) is 0 Å². The molecule has 1 aliphatic carbocycles. The first-order chi connectivity index (χ1) is 16.5. The summed E-state index contributed by atoms with van der Waals surface area (Å²) in [7, 11) is 0. The van der Waals surface area contributed by atoms with Gasteiger partial charge >= 0.3 is 0 Å². The molecule has 2 heterocycles. The summed E-state index contributed by atoms with van der Waals surface area (Å²) in [5, 5.41) is 4.24. The maximum Gasteiger partial charge on any atom is 0.132 e. The number of ether oxygens (including phenoxy) is 1. The Bertz CT molecular complexity index is 1140. The monoisotopic (exact) mass is 471 g/mol. The predicted molar refractivity (Wildman–Crippen MR) is 128 cm³/mol. The van der Waals surface area contributed by atoms with Crippen LogP contribution in [0.5, 0.6) is 5.75 Å². The van der Waals surface area contributed by atoms with Gasteiger partial charge in [-0.25, -0.2) is 8.78 Å². The first-order valence-electron chi connectivity index (χ1n) is 12.2. The molecule has 1 aromatic heterocycles. The Balaban J connectivity index is 1.43. The van der Waals surface area contributed by atoms with Crippen LogP contribution in [0.2, 0.25) is 0 Å². The van der Waals surface area contributed by atoms with Gasteiger partial charge in [0.05, 0.1) is 12.7 Å². The van der Waals surface area contributed by atoms with E-state index in [4.69, 9.17) is 4.74 Å². The van der Waals surface area contributed by atoms with E-state index in [-0.39, 0.29) is 18.5 Å². The molecule has 1 aliphatic heterocycles. The maximum absolute atomic E-state index is 15.5. The number of rotatable bonds is 10. The third kappa shape index (κ3) is 4.68. The SMILES string of the molecule is C[C@@H]1Cc2c([nH]c3ccccc23)[C@@H](c2ccc(OCCNCCCF)cc2F)N1CC1(F)CC1. The second-order valence-corrected chi connectivity index (χ2v) is 9.67. The van der Waals surface area contributed by atoms with E-state index >= 15 is 4.39 Å². The molecule has 5 rings (SSSR count). The van der Waals surface area contributed by atoms with Crippen LogP contribution in [-0.4, -0.2) is 54.5 Å². The first kappa shape index (κ1) is 23.2. The normalized spacial score (nSPS) is 21.5. The lowest BCUT2D eigenvalue weighted by Crippen LogP contribution is -2.46. The number of halogens is 3. The summed E-state index contributed by atoms with van der Waals surface area (Å²) >= 11 is 0. The number of para-hydroxylation sites is 1. The number of aromatic nitrogens is 1. The van der Waals surface area contributed by atoms with E-state index in [0.29, 0.717) is 56.8 Å². The van der Waals surface area contributed by atoms with Gasteiger partial charge in [-0.05, 0) is 56.8 Å². The van der Waals surface area contributed by atoms with Crippen molar-refractivity contribution in [2.75, 3.05) is 32.9 Å². The third-order valence-corrected chi connectivity index (χ3v) is 7.08. The number of alkyl halides is 2. The zero-order valence-electron chi connectivity index (χ0n) is 19.5. The zero-order chi connectivity index (χ0) is 23.7. The Morgan fingerprint density at radius 3 is 2.76 bits per heavy atom. The summed E-state index contributed by atoms with van der Waals surface area (Å²) in [5.41, 5.74) is 2.51. The fourth-order valence-electron chi connectivity index (χ4n) is 5.09. The van der Waals surface area contributed by atoms with Crippen LogP contribution in [0.15, 0.2) is 42.5 Å². The second kappa shape index (κ2) is 9.62. The van der Waals surface area contributed by atoms with Crippen LogP contribution in [0, 0.1) is 5.82 Å².